The summed E-state index contributed by atoms with van der Waals surface area (Å²) in [7, 11) is -4.80. The van der Waals surface area contributed by atoms with E-state index in [0.717, 1.165) is 54.9 Å². The summed E-state index contributed by atoms with van der Waals surface area (Å²) in [5.74, 6) is 3.02. The van der Waals surface area contributed by atoms with Crippen molar-refractivity contribution in [3.63, 3.8) is 0 Å². The molecular formula is C64H34Co2N16O3S. The molecule has 18 rings (SSSR count). The molecule has 0 unspecified atom stereocenters. The number of aromatic amines is 4. The Bertz CT molecular complexity index is 5800. The second-order valence-corrected chi connectivity index (χ2v) is 21.9. The van der Waals surface area contributed by atoms with Crippen molar-refractivity contribution in [1.82, 2.24) is 79.7 Å². The van der Waals surface area contributed by atoms with Gasteiger partial charge in [-0.25, -0.2) is 59.8 Å². The first-order valence-electron chi connectivity index (χ1n) is 26.7. The van der Waals surface area contributed by atoms with E-state index >= 15 is 8.42 Å². The minimum absolute atomic E-state index is 0. The van der Waals surface area contributed by atoms with E-state index in [-0.39, 0.29) is 60.9 Å². The van der Waals surface area contributed by atoms with Crippen LogP contribution in [0.1, 0.15) is 0 Å². The van der Waals surface area contributed by atoms with E-state index < -0.39 is 10.1 Å². The molecular weight excluding hydrogens is 1190 g/mol. The molecule has 16 bridgehead atoms. The van der Waals surface area contributed by atoms with Crippen LogP contribution in [0.15, 0.2) is 187 Å². The summed E-state index contributed by atoms with van der Waals surface area (Å²) in [6.07, 6.45) is 0. The van der Waals surface area contributed by atoms with E-state index in [1.807, 2.05) is 152 Å². The zero-order valence-electron chi connectivity index (χ0n) is 44.0. The van der Waals surface area contributed by atoms with E-state index in [1.54, 1.807) is 24.3 Å². The summed E-state index contributed by atoms with van der Waals surface area (Å²) in [6, 6.07) is 56.6. The predicted octanol–water partition coefficient (Wildman–Crippen LogP) is 12.8. The van der Waals surface area contributed by atoms with Gasteiger partial charge in [-0.15, -0.1) is 0 Å². The van der Waals surface area contributed by atoms with Gasteiger partial charge in [0.15, 0.2) is 52.3 Å². The molecule has 0 saturated heterocycles. The Morgan fingerprint density at radius 3 is 0.837 bits per heavy atom. The van der Waals surface area contributed by atoms with Gasteiger partial charge in [0.2, 0.25) is 0 Å². The molecule has 0 atom stereocenters. The molecule has 86 heavy (non-hydrogen) atoms. The third-order valence-corrected chi connectivity index (χ3v) is 16.8. The fourth-order valence-corrected chi connectivity index (χ4v) is 12.9. The summed E-state index contributed by atoms with van der Waals surface area (Å²) in [5.41, 5.74) is 9.15. The van der Waals surface area contributed by atoms with E-state index in [0.29, 0.717) is 108 Å². The molecule has 4 aliphatic heterocycles. The Hall–Kier alpha value is -10.8. The van der Waals surface area contributed by atoms with Crippen molar-refractivity contribution in [2.45, 2.75) is 4.90 Å². The summed E-state index contributed by atoms with van der Waals surface area (Å²) in [4.78, 5) is 74.7. The number of H-pyrrole nitrogens is 4. The SMILES string of the molecule is O=S(=O)(Oc1cccc2c3nc4nc(nc5[nH]c(nc6nc(nc([nH]3)c12)-c1ccccc1-6)c1ccccc51)-c1ccccc1-4)c1cccc2c3nc4nc(nc5[nH]c(nc6nc(nc([nH]3)c12)-c1ccccc1-6)c1ccccc51)-c1ccccc1-4.[Co].[Co]. The largest absolute Gasteiger partial charge is 0.378 e. The van der Waals surface area contributed by atoms with E-state index in [2.05, 4.69) is 19.9 Å². The number of fused-ring (bicyclic) bond motifs is 40. The molecule has 4 N–H and O–H groups in total. The van der Waals surface area contributed by atoms with Crippen LogP contribution < -0.4 is 4.18 Å². The zero-order valence-corrected chi connectivity index (χ0v) is 46.9. The van der Waals surface area contributed by atoms with Crippen LogP contribution in [0.2, 0.25) is 0 Å². The van der Waals surface area contributed by atoms with Crippen molar-refractivity contribution < 1.29 is 46.2 Å². The summed E-state index contributed by atoms with van der Waals surface area (Å²) in [5, 5.41) is 4.82. The van der Waals surface area contributed by atoms with Crippen LogP contribution in [0, 0.1) is 0 Å². The quantitative estimate of drug-likeness (QED) is 0.120. The first kappa shape index (κ1) is 50.9. The van der Waals surface area contributed by atoms with Gasteiger partial charge in [-0.2, -0.15) is 8.42 Å². The van der Waals surface area contributed by atoms with Crippen molar-refractivity contribution in [3.05, 3.63) is 182 Å². The fraction of sp³-hybridized carbons (Fsp3) is 0. The smallest absolute Gasteiger partial charge is 0.340 e. The number of hydrogen-bond acceptors (Lipinski definition) is 15. The number of aromatic nitrogens is 16. The van der Waals surface area contributed by atoms with Gasteiger partial charge in [-0.1, -0.05) is 170 Å². The van der Waals surface area contributed by atoms with Gasteiger partial charge >= 0.3 is 10.1 Å². The van der Waals surface area contributed by atoms with Crippen LogP contribution in [-0.2, 0) is 43.7 Å². The number of nitrogens with zero attached hydrogens (tertiary/aromatic N) is 12. The van der Waals surface area contributed by atoms with E-state index in [1.165, 1.54) is 6.07 Å². The fourth-order valence-electron chi connectivity index (χ4n) is 11.8. The summed E-state index contributed by atoms with van der Waals surface area (Å²) in [6.45, 7) is 0. The Morgan fingerprint density at radius 2 is 0.500 bits per heavy atom. The molecule has 2 radical (unpaired) electrons. The molecule has 14 aromatic rings. The summed E-state index contributed by atoms with van der Waals surface area (Å²) >= 11 is 0. The maximum absolute atomic E-state index is 15.6. The average molecular weight is 1230 g/mol. The monoisotopic (exact) mass is 1220 g/mol. The molecule has 19 nitrogen and oxygen atoms in total. The molecule has 0 amide bonds. The predicted molar refractivity (Wildman–Crippen MR) is 320 cm³/mol. The van der Waals surface area contributed by atoms with Crippen molar-refractivity contribution in [3.8, 4) is 96.9 Å². The van der Waals surface area contributed by atoms with Crippen molar-refractivity contribution in [2.75, 3.05) is 0 Å². The van der Waals surface area contributed by atoms with E-state index in [4.69, 9.17) is 64.0 Å². The second-order valence-electron chi connectivity index (χ2n) is 20.4. The zero-order chi connectivity index (χ0) is 55.4. The number of rotatable bonds is 3. The Kier molecular flexibility index (Phi) is 11.3. The Labute approximate surface area is 504 Å². The molecule has 0 saturated carbocycles. The third-order valence-electron chi connectivity index (χ3n) is 15.6. The first-order chi connectivity index (χ1) is 41.3. The van der Waals surface area contributed by atoms with Crippen LogP contribution in [0.25, 0.3) is 179 Å². The van der Waals surface area contributed by atoms with E-state index in [9.17, 15) is 0 Å². The minimum Gasteiger partial charge on any atom is -0.378 e. The molecule has 22 heteroatoms. The molecule has 4 aliphatic rings. The topological polar surface area (TPSA) is 261 Å². The Balaban J connectivity index is 0.00000300. The molecule has 6 aromatic heterocycles. The second kappa shape index (κ2) is 19.1. The molecule has 0 fully saturated rings. The van der Waals surface area contributed by atoms with Crippen molar-refractivity contribution in [1.29, 1.82) is 0 Å². The standard InChI is InChI=1S/C64H34N16O3S.2Co/c81-84(82,46-30-14-28-44-48(46)64-78-60-42-26-12-10-24-40(42)56(74-60)70-52-34-18-4-2-16-32(34)50(66-52)68-54-36-20-6-8-22-38(36)58(72-54)76-62(44)80-64)83-45-29-13-27-43-47(45)63-77-59-41-25-11-9-23-39(41)55(73-59)69-51-33-17-3-1-15-31(33)49(65-51)67-53-35-19-5-7-21-37(35)57(71-53)75-61(43)79-63;;/h1-30H,(H2,65,67,69,71,73,75,77,79)(H2,66,68,70,72,74,76,78,80);;. The maximum atomic E-state index is 15.6. The molecule has 0 aliphatic carbocycles. The number of hydrogen-bond donors (Lipinski definition) is 4. The first-order valence-corrected chi connectivity index (χ1v) is 28.1. The molecule has 10 heterocycles. The number of nitrogens with one attached hydrogen (secondary N) is 4. The normalized spacial score (nSPS) is 12.1. The van der Waals surface area contributed by atoms with Gasteiger partial charge in [0.05, 0.1) is 10.8 Å². The van der Waals surface area contributed by atoms with Crippen LogP contribution in [0.5, 0.6) is 5.75 Å². The summed E-state index contributed by atoms with van der Waals surface area (Å²) < 4.78 is 37.6. The van der Waals surface area contributed by atoms with Gasteiger partial charge in [0, 0.05) is 110 Å². The third kappa shape index (κ3) is 7.74. The van der Waals surface area contributed by atoms with Gasteiger partial charge in [0.1, 0.15) is 50.1 Å². The van der Waals surface area contributed by atoms with Gasteiger partial charge in [0.25, 0.3) is 0 Å². The van der Waals surface area contributed by atoms with Crippen LogP contribution in [0.4, 0.5) is 0 Å². The van der Waals surface area contributed by atoms with Crippen molar-refractivity contribution in [2.24, 2.45) is 0 Å². The maximum Gasteiger partial charge on any atom is 0.340 e. The van der Waals surface area contributed by atoms with Gasteiger partial charge < -0.3 is 24.1 Å². The van der Waals surface area contributed by atoms with Crippen LogP contribution in [0.3, 0.4) is 0 Å². The molecule has 412 valence electrons. The molecule has 8 aromatic carbocycles. The van der Waals surface area contributed by atoms with Gasteiger partial charge in [-0.3, -0.25) is 0 Å². The minimum atomic E-state index is -4.80. The molecule has 0 spiro atoms. The number of benzene rings is 8. The van der Waals surface area contributed by atoms with Crippen LogP contribution in [-0.4, -0.2) is 88.2 Å². The average Bonchev–Trinajstić information content (AvgIpc) is 2.60. The Morgan fingerprint density at radius 1 is 0.256 bits per heavy atom. The van der Waals surface area contributed by atoms with Gasteiger partial charge in [-0.05, 0) is 12.1 Å². The van der Waals surface area contributed by atoms with Crippen molar-refractivity contribution >= 4 is 98.4 Å². The van der Waals surface area contributed by atoms with Crippen LogP contribution >= 0.6 is 0 Å².